The number of benzene rings is 1. The van der Waals surface area contributed by atoms with Crippen LogP contribution in [0.25, 0.3) is 0 Å². The van der Waals surface area contributed by atoms with Crippen molar-refractivity contribution in [2.45, 2.75) is 25.8 Å². The molecule has 0 saturated heterocycles. The van der Waals surface area contributed by atoms with Gasteiger partial charge in [-0.3, -0.25) is 0 Å². The first-order chi connectivity index (χ1) is 10.1. The molecule has 0 radical (unpaired) electrons. The Morgan fingerprint density at radius 3 is 2.57 bits per heavy atom. The third-order valence-corrected chi connectivity index (χ3v) is 3.88. The Morgan fingerprint density at radius 1 is 1.19 bits per heavy atom. The van der Waals surface area contributed by atoms with E-state index in [1.807, 2.05) is 38.2 Å². The maximum atomic E-state index is 6.08. The van der Waals surface area contributed by atoms with E-state index in [0.29, 0.717) is 0 Å². The highest BCUT2D eigenvalue weighted by molar-refractivity contribution is 5.64. The molecule has 0 aliphatic heterocycles. The summed E-state index contributed by atoms with van der Waals surface area (Å²) in [6.45, 7) is 1.93. The predicted molar refractivity (Wildman–Crippen MR) is 83.2 cm³/mol. The lowest BCUT2D eigenvalue weighted by molar-refractivity contribution is 0.415. The lowest BCUT2D eigenvalue weighted by Gasteiger charge is -2.21. The third-order valence-electron chi connectivity index (χ3n) is 3.88. The quantitative estimate of drug-likeness (QED) is 0.933. The first kappa shape index (κ1) is 13.8. The molecule has 0 spiro atoms. The topological polar surface area (TPSA) is 64.3 Å². The zero-order valence-electron chi connectivity index (χ0n) is 12.6. The lowest BCUT2D eigenvalue weighted by Crippen LogP contribution is -2.20. The van der Waals surface area contributed by atoms with E-state index in [-0.39, 0.29) is 6.04 Å². The molecule has 5 heteroatoms. The van der Waals surface area contributed by atoms with Crippen molar-refractivity contribution in [1.82, 2.24) is 9.97 Å². The number of nitrogens with zero attached hydrogens (tertiary/aromatic N) is 3. The van der Waals surface area contributed by atoms with Crippen LogP contribution >= 0.6 is 0 Å². The van der Waals surface area contributed by atoms with Gasteiger partial charge in [0.2, 0.25) is 0 Å². The van der Waals surface area contributed by atoms with E-state index in [9.17, 15) is 0 Å². The minimum Gasteiger partial charge on any atom is -0.497 e. The van der Waals surface area contributed by atoms with Crippen LogP contribution in [0.1, 0.15) is 17.1 Å². The van der Waals surface area contributed by atoms with Gasteiger partial charge in [0.1, 0.15) is 17.4 Å². The smallest absolute Gasteiger partial charge is 0.139 e. The van der Waals surface area contributed by atoms with Crippen LogP contribution in [0.15, 0.2) is 24.3 Å². The Morgan fingerprint density at radius 2 is 1.90 bits per heavy atom. The van der Waals surface area contributed by atoms with Crippen LogP contribution in [0.4, 0.5) is 11.5 Å². The second kappa shape index (κ2) is 5.33. The maximum absolute atomic E-state index is 6.08. The Kier molecular flexibility index (Phi) is 3.51. The molecule has 1 aliphatic carbocycles. The van der Waals surface area contributed by atoms with Crippen molar-refractivity contribution in [2.75, 3.05) is 19.1 Å². The van der Waals surface area contributed by atoms with E-state index in [4.69, 9.17) is 10.5 Å². The third kappa shape index (κ3) is 2.56. The number of nitrogens with two attached hydrogens (primary N) is 1. The number of hydrogen-bond acceptors (Lipinski definition) is 5. The molecule has 0 amide bonds. The standard InChI is InChI=1S/C16H20N4O/c1-10-18-15-9-11(17)8-14(15)16(19-10)20(2)12-4-6-13(21-3)7-5-12/h4-7,11H,8-9,17H2,1-3H3. The Bertz CT molecular complexity index is 654. The molecule has 1 atom stereocenters. The van der Waals surface area contributed by atoms with Crippen LogP contribution < -0.4 is 15.4 Å². The van der Waals surface area contributed by atoms with Crippen LogP contribution in [0.3, 0.4) is 0 Å². The van der Waals surface area contributed by atoms with E-state index >= 15 is 0 Å². The Hall–Kier alpha value is -2.14. The number of rotatable bonds is 3. The van der Waals surface area contributed by atoms with E-state index in [0.717, 1.165) is 41.6 Å². The second-order valence-corrected chi connectivity index (χ2v) is 5.45. The van der Waals surface area contributed by atoms with Crippen LogP contribution in [0.5, 0.6) is 5.75 Å². The largest absolute Gasteiger partial charge is 0.497 e. The van der Waals surface area contributed by atoms with Crippen LogP contribution in [0, 0.1) is 6.92 Å². The molecule has 1 aromatic carbocycles. The number of fused-ring (bicyclic) bond motifs is 1. The molecule has 1 heterocycles. The van der Waals surface area contributed by atoms with Crippen molar-refractivity contribution >= 4 is 11.5 Å². The minimum absolute atomic E-state index is 0.152. The predicted octanol–water partition coefficient (Wildman–Crippen LogP) is 1.99. The summed E-state index contributed by atoms with van der Waals surface area (Å²) in [7, 11) is 3.69. The number of aryl methyl sites for hydroxylation is 1. The highest BCUT2D eigenvalue weighted by Crippen LogP contribution is 2.32. The summed E-state index contributed by atoms with van der Waals surface area (Å²) in [5.74, 6) is 2.59. The van der Waals surface area contributed by atoms with Crippen molar-refractivity contribution in [3.63, 3.8) is 0 Å². The number of ether oxygens (including phenoxy) is 1. The van der Waals surface area contributed by atoms with Crippen LogP contribution in [-0.2, 0) is 12.8 Å². The van der Waals surface area contributed by atoms with Gasteiger partial charge < -0.3 is 15.4 Å². The molecule has 0 saturated carbocycles. The fourth-order valence-corrected chi connectivity index (χ4v) is 2.80. The Balaban J connectivity index is 1.99. The molecular weight excluding hydrogens is 264 g/mol. The first-order valence-corrected chi connectivity index (χ1v) is 7.08. The Labute approximate surface area is 124 Å². The van der Waals surface area contributed by atoms with Gasteiger partial charge in [-0.25, -0.2) is 9.97 Å². The molecular formula is C16H20N4O. The number of methoxy groups -OCH3 is 1. The van der Waals surface area contributed by atoms with Gasteiger partial charge in [0.15, 0.2) is 0 Å². The highest BCUT2D eigenvalue weighted by atomic mass is 16.5. The average molecular weight is 284 g/mol. The van der Waals surface area contributed by atoms with Crippen molar-refractivity contribution in [3.8, 4) is 5.75 Å². The fraction of sp³-hybridized carbons (Fsp3) is 0.375. The minimum atomic E-state index is 0.152. The molecule has 1 aliphatic rings. The number of aromatic nitrogens is 2. The van der Waals surface area contributed by atoms with Gasteiger partial charge in [-0.15, -0.1) is 0 Å². The molecule has 21 heavy (non-hydrogen) atoms. The van der Waals surface area contributed by atoms with Gasteiger partial charge in [0.25, 0.3) is 0 Å². The van der Waals surface area contributed by atoms with Gasteiger partial charge in [0.05, 0.1) is 12.8 Å². The van der Waals surface area contributed by atoms with Crippen molar-refractivity contribution in [1.29, 1.82) is 0 Å². The van der Waals surface area contributed by atoms with E-state index < -0.39 is 0 Å². The molecule has 2 N–H and O–H groups in total. The monoisotopic (exact) mass is 284 g/mol. The molecule has 3 rings (SSSR count). The summed E-state index contributed by atoms with van der Waals surface area (Å²) in [4.78, 5) is 11.2. The SMILES string of the molecule is COc1ccc(N(C)c2nc(C)nc3c2CC(N)C3)cc1. The molecule has 0 bridgehead atoms. The summed E-state index contributed by atoms with van der Waals surface area (Å²) in [5.41, 5.74) is 9.41. The van der Waals surface area contributed by atoms with Crippen LogP contribution in [-0.4, -0.2) is 30.2 Å². The fourth-order valence-electron chi connectivity index (χ4n) is 2.80. The zero-order chi connectivity index (χ0) is 15.0. The first-order valence-electron chi connectivity index (χ1n) is 7.08. The molecule has 1 unspecified atom stereocenters. The molecule has 2 aromatic rings. The van der Waals surface area contributed by atoms with E-state index in [1.165, 1.54) is 5.56 Å². The number of hydrogen-bond donors (Lipinski definition) is 1. The normalized spacial score (nSPS) is 16.7. The molecule has 5 nitrogen and oxygen atoms in total. The van der Waals surface area contributed by atoms with Gasteiger partial charge in [-0.2, -0.15) is 0 Å². The summed E-state index contributed by atoms with van der Waals surface area (Å²) in [5, 5.41) is 0. The molecule has 1 aromatic heterocycles. The zero-order valence-corrected chi connectivity index (χ0v) is 12.6. The van der Waals surface area contributed by atoms with E-state index in [1.54, 1.807) is 7.11 Å². The van der Waals surface area contributed by atoms with Gasteiger partial charge in [-0.1, -0.05) is 0 Å². The van der Waals surface area contributed by atoms with Crippen LogP contribution in [0.2, 0.25) is 0 Å². The van der Waals surface area contributed by atoms with E-state index in [2.05, 4.69) is 14.9 Å². The highest BCUT2D eigenvalue weighted by Gasteiger charge is 2.26. The maximum Gasteiger partial charge on any atom is 0.139 e. The lowest BCUT2D eigenvalue weighted by atomic mass is 10.2. The van der Waals surface area contributed by atoms with Gasteiger partial charge >= 0.3 is 0 Å². The second-order valence-electron chi connectivity index (χ2n) is 5.45. The van der Waals surface area contributed by atoms with Crippen molar-refractivity contribution in [2.24, 2.45) is 5.73 Å². The van der Waals surface area contributed by atoms with Gasteiger partial charge in [-0.05, 0) is 37.6 Å². The average Bonchev–Trinajstić information content (AvgIpc) is 2.85. The molecule has 110 valence electrons. The van der Waals surface area contributed by atoms with Crippen molar-refractivity contribution in [3.05, 3.63) is 41.3 Å². The summed E-state index contributed by atoms with van der Waals surface area (Å²) >= 11 is 0. The number of anilines is 2. The summed E-state index contributed by atoms with van der Waals surface area (Å²) < 4.78 is 5.20. The van der Waals surface area contributed by atoms with Gasteiger partial charge in [0, 0.05) is 30.8 Å². The summed E-state index contributed by atoms with van der Waals surface area (Å²) in [6, 6.07) is 8.10. The van der Waals surface area contributed by atoms with Crippen molar-refractivity contribution < 1.29 is 4.74 Å². The summed E-state index contributed by atoms with van der Waals surface area (Å²) in [6.07, 6.45) is 1.67. The molecule has 0 fully saturated rings.